The van der Waals surface area contributed by atoms with Gasteiger partial charge in [0.25, 0.3) is 0 Å². The number of amides is 1. The number of carbonyl (C=O) groups is 2. The maximum absolute atomic E-state index is 11.3. The van der Waals surface area contributed by atoms with E-state index in [0.29, 0.717) is 16.8 Å². The van der Waals surface area contributed by atoms with Crippen LogP contribution in [0.2, 0.25) is 0 Å². The van der Waals surface area contributed by atoms with E-state index < -0.39 is 11.9 Å². The van der Waals surface area contributed by atoms with Gasteiger partial charge in [0.1, 0.15) is 17.9 Å². The van der Waals surface area contributed by atoms with Gasteiger partial charge in [0.05, 0.1) is 0 Å². The normalized spacial score (nSPS) is 10.1. The average molecular weight is 286 g/mol. The minimum atomic E-state index is -1.14. The second kappa shape index (κ2) is 5.96. The molecular weight excluding hydrogens is 272 g/mol. The third-order valence-corrected chi connectivity index (χ3v) is 2.90. The molecule has 0 aliphatic carbocycles. The zero-order chi connectivity index (χ0) is 15.4. The summed E-state index contributed by atoms with van der Waals surface area (Å²) in [7, 11) is 0. The summed E-state index contributed by atoms with van der Waals surface area (Å²) >= 11 is 0. The van der Waals surface area contributed by atoms with Gasteiger partial charge >= 0.3 is 5.97 Å². The number of carboxylic acid groups (broad SMARTS) is 1. The summed E-state index contributed by atoms with van der Waals surface area (Å²) in [6, 6.07) is 11.0. The van der Waals surface area contributed by atoms with E-state index in [9.17, 15) is 9.59 Å². The van der Waals surface area contributed by atoms with E-state index in [-0.39, 0.29) is 17.9 Å². The second-order valence-corrected chi connectivity index (χ2v) is 4.37. The van der Waals surface area contributed by atoms with E-state index in [1.165, 1.54) is 12.1 Å². The maximum atomic E-state index is 11.3. The first-order valence-corrected chi connectivity index (χ1v) is 6.12. The SMILES string of the molecule is NC(=O)c1ccccc1COc1ccc(N)cc1C(=O)O. The third kappa shape index (κ3) is 3.30. The summed E-state index contributed by atoms with van der Waals surface area (Å²) in [5, 5.41) is 9.12. The number of aromatic carboxylic acids is 1. The first-order valence-electron chi connectivity index (χ1n) is 6.12. The Morgan fingerprint density at radius 3 is 2.48 bits per heavy atom. The van der Waals surface area contributed by atoms with Crippen molar-refractivity contribution in [2.75, 3.05) is 5.73 Å². The first-order chi connectivity index (χ1) is 9.99. The Balaban J connectivity index is 2.25. The van der Waals surface area contributed by atoms with Crippen LogP contribution in [0.5, 0.6) is 5.75 Å². The fourth-order valence-electron chi connectivity index (χ4n) is 1.88. The Labute approximate surface area is 120 Å². The molecule has 0 aromatic heterocycles. The fraction of sp³-hybridized carbons (Fsp3) is 0.0667. The van der Waals surface area contributed by atoms with Gasteiger partial charge in [-0.05, 0) is 24.3 Å². The van der Waals surface area contributed by atoms with Crippen molar-refractivity contribution in [3.8, 4) is 5.75 Å². The topological polar surface area (TPSA) is 116 Å². The Bertz CT molecular complexity index is 698. The van der Waals surface area contributed by atoms with Crippen molar-refractivity contribution in [3.05, 3.63) is 59.2 Å². The minimum Gasteiger partial charge on any atom is -0.488 e. The molecule has 0 heterocycles. The number of hydrogen-bond acceptors (Lipinski definition) is 4. The van der Waals surface area contributed by atoms with Gasteiger partial charge in [-0.2, -0.15) is 0 Å². The van der Waals surface area contributed by atoms with E-state index in [2.05, 4.69) is 0 Å². The lowest BCUT2D eigenvalue weighted by atomic mass is 10.1. The molecule has 0 atom stereocenters. The van der Waals surface area contributed by atoms with Gasteiger partial charge in [0, 0.05) is 16.8 Å². The molecule has 0 bridgehead atoms. The lowest BCUT2D eigenvalue weighted by molar-refractivity contribution is 0.0691. The first kappa shape index (κ1) is 14.4. The molecule has 6 heteroatoms. The van der Waals surface area contributed by atoms with Crippen LogP contribution in [0.15, 0.2) is 42.5 Å². The predicted molar refractivity (Wildman–Crippen MR) is 77.1 cm³/mol. The van der Waals surface area contributed by atoms with Crippen LogP contribution in [-0.4, -0.2) is 17.0 Å². The highest BCUT2D eigenvalue weighted by Crippen LogP contribution is 2.23. The molecule has 0 fully saturated rings. The van der Waals surface area contributed by atoms with Crippen molar-refractivity contribution >= 4 is 17.6 Å². The van der Waals surface area contributed by atoms with E-state index in [4.69, 9.17) is 21.3 Å². The molecule has 0 saturated heterocycles. The van der Waals surface area contributed by atoms with Crippen LogP contribution in [0.25, 0.3) is 0 Å². The molecule has 2 aromatic rings. The zero-order valence-corrected chi connectivity index (χ0v) is 11.1. The Morgan fingerprint density at radius 1 is 1.10 bits per heavy atom. The number of ether oxygens (including phenoxy) is 1. The van der Waals surface area contributed by atoms with Crippen molar-refractivity contribution in [2.24, 2.45) is 5.73 Å². The number of carboxylic acids is 1. The molecule has 2 aromatic carbocycles. The lowest BCUT2D eigenvalue weighted by Crippen LogP contribution is -2.15. The minimum absolute atomic E-state index is 0.0311. The van der Waals surface area contributed by atoms with Gasteiger partial charge < -0.3 is 21.3 Å². The Hall–Kier alpha value is -3.02. The number of anilines is 1. The van der Waals surface area contributed by atoms with Gasteiger partial charge in [-0.1, -0.05) is 18.2 Å². The molecule has 6 nitrogen and oxygen atoms in total. The summed E-state index contributed by atoms with van der Waals surface area (Å²) in [5.74, 6) is -1.53. The van der Waals surface area contributed by atoms with Gasteiger partial charge in [0.2, 0.25) is 5.91 Å². The van der Waals surface area contributed by atoms with E-state index >= 15 is 0 Å². The average Bonchev–Trinajstić information content (AvgIpc) is 2.46. The van der Waals surface area contributed by atoms with E-state index in [1.54, 1.807) is 30.3 Å². The van der Waals surface area contributed by atoms with Crippen LogP contribution >= 0.6 is 0 Å². The van der Waals surface area contributed by atoms with Crippen molar-refractivity contribution in [2.45, 2.75) is 6.61 Å². The predicted octanol–water partition coefficient (Wildman–Crippen LogP) is 1.64. The number of nitrogen functional groups attached to an aromatic ring is 1. The molecule has 5 N–H and O–H groups in total. The maximum Gasteiger partial charge on any atom is 0.339 e. The van der Waals surface area contributed by atoms with Gasteiger partial charge in [-0.25, -0.2) is 4.79 Å². The molecule has 0 saturated carbocycles. The number of rotatable bonds is 5. The largest absolute Gasteiger partial charge is 0.488 e. The molecule has 0 aliphatic heterocycles. The lowest BCUT2D eigenvalue weighted by Gasteiger charge is -2.11. The highest BCUT2D eigenvalue weighted by atomic mass is 16.5. The van der Waals surface area contributed by atoms with Gasteiger partial charge in [0.15, 0.2) is 0 Å². The molecule has 2 rings (SSSR count). The van der Waals surface area contributed by atoms with Crippen molar-refractivity contribution in [1.29, 1.82) is 0 Å². The standard InChI is InChI=1S/C15H14N2O4/c16-10-5-6-13(12(7-10)15(19)20)21-8-9-3-1-2-4-11(9)14(17)18/h1-7H,8,16H2,(H2,17,18)(H,19,20). The van der Waals surface area contributed by atoms with E-state index in [0.717, 1.165) is 0 Å². The zero-order valence-electron chi connectivity index (χ0n) is 11.1. The smallest absolute Gasteiger partial charge is 0.339 e. The van der Waals surface area contributed by atoms with Crippen LogP contribution < -0.4 is 16.2 Å². The number of carbonyl (C=O) groups excluding carboxylic acids is 1. The van der Waals surface area contributed by atoms with Crippen LogP contribution in [-0.2, 0) is 6.61 Å². The highest BCUT2D eigenvalue weighted by molar-refractivity contribution is 5.94. The molecule has 0 radical (unpaired) electrons. The number of hydrogen-bond donors (Lipinski definition) is 3. The van der Waals surface area contributed by atoms with Crippen LogP contribution in [0, 0.1) is 0 Å². The Kier molecular flexibility index (Phi) is 4.08. The summed E-state index contributed by atoms with van der Waals surface area (Å²) in [6.07, 6.45) is 0. The molecule has 108 valence electrons. The van der Waals surface area contributed by atoms with Crippen molar-refractivity contribution < 1.29 is 19.4 Å². The van der Waals surface area contributed by atoms with E-state index in [1.807, 2.05) is 0 Å². The highest BCUT2D eigenvalue weighted by Gasteiger charge is 2.13. The summed E-state index contributed by atoms with van der Waals surface area (Å²) in [4.78, 5) is 22.5. The third-order valence-electron chi connectivity index (χ3n) is 2.90. The monoisotopic (exact) mass is 286 g/mol. The second-order valence-electron chi connectivity index (χ2n) is 4.37. The summed E-state index contributed by atoms with van der Waals surface area (Å²) in [5.41, 5.74) is 12.0. The van der Waals surface area contributed by atoms with Crippen LogP contribution in [0.1, 0.15) is 26.3 Å². The van der Waals surface area contributed by atoms with Crippen LogP contribution in [0.4, 0.5) is 5.69 Å². The van der Waals surface area contributed by atoms with Gasteiger partial charge in [-0.15, -0.1) is 0 Å². The van der Waals surface area contributed by atoms with Crippen molar-refractivity contribution in [1.82, 2.24) is 0 Å². The van der Waals surface area contributed by atoms with Crippen LogP contribution in [0.3, 0.4) is 0 Å². The Morgan fingerprint density at radius 2 is 1.81 bits per heavy atom. The molecule has 1 amide bonds. The molecule has 0 aliphatic rings. The molecular formula is C15H14N2O4. The molecule has 21 heavy (non-hydrogen) atoms. The number of primary amides is 1. The van der Waals surface area contributed by atoms with Crippen molar-refractivity contribution in [3.63, 3.8) is 0 Å². The molecule has 0 spiro atoms. The van der Waals surface area contributed by atoms with Gasteiger partial charge in [-0.3, -0.25) is 4.79 Å². The number of benzene rings is 2. The summed E-state index contributed by atoms with van der Waals surface area (Å²) < 4.78 is 5.49. The quantitative estimate of drug-likeness (QED) is 0.723. The number of nitrogens with two attached hydrogens (primary N) is 2. The molecule has 0 unspecified atom stereocenters. The summed E-state index contributed by atoms with van der Waals surface area (Å²) in [6.45, 7) is 0.0311. The fourth-order valence-corrected chi connectivity index (χ4v) is 1.88.